The molecule has 0 aliphatic carbocycles. The molecule has 0 bridgehead atoms. The minimum Gasteiger partial charge on any atom is -0.393 e. The van der Waals surface area contributed by atoms with Gasteiger partial charge in [-0.1, -0.05) is 12.1 Å². The van der Waals surface area contributed by atoms with Crippen molar-refractivity contribution in [3.05, 3.63) is 29.3 Å². The molecule has 4 heteroatoms. The maximum absolute atomic E-state index is 14.8. The van der Waals surface area contributed by atoms with Crippen LogP contribution in [0.1, 0.15) is 18.1 Å². The number of halogens is 1. The van der Waals surface area contributed by atoms with Crippen LogP contribution in [0.2, 0.25) is 0 Å². The maximum atomic E-state index is 14.8. The van der Waals surface area contributed by atoms with Crippen molar-refractivity contribution >= 4 is 11.8 Å². The molecular formula is C13H18FNOS. The Labute approximate surface area is 106 Å². The Hall–Kier alpha value is -0.580. The van der Waals surface area contributed by atoms with Crippen LogP contribution in [0.5, 0.6) is 0 Å². The van der Waals surface area contributed by atoms with Gasteiger partial charge in [-0.05, 0) is 37.6 Å². The van der Waals surface area contributed by atoms with E-state index in [1.165, 1.54) is 5.56 Å². The zero-order valence-electron chi connectivity index (χ0n) is 10.2. The van der Waals surface area contributed by atoms with Gasteiger partial charge in [0.1, 0.15) is 0 Å². The van der Waals surface area contributed by atoms with Crippen LogP contribution >= 0.6 is 11.8 Å². The smallest absolute Gasteiger partial charge is 0.173 e. The van der Waals surface area contributed by atoms with E-state index in [1.807, 2.05) is 12.1 Å². The first-order valence-corrected chi connectivity index (χ1v) is 6.83. The van der Waals surface area contributed by atoms with Gasteiger partial charge in [-0.3, -0.25) is 0 Å². The fourth-order valence-corrected chi connectivity index (χ4v) is 3.24. The first kappa shape index (κ1) is 12.9. The highest BCUT2D eigenvalue weighted by Gasteiger charge is 2.37. The molecule has 2 rings (SSSR count). The maximum Gasteiger partial charge on any atom is 0.173 e. The van der Waals surface area contributed by atoms with E-state index in [0.717, 1.165) is 17.1 Å². The molecule has 17 heavy (non-hydrogen) atoms. The van der Waals surface area contributed by atoms with E-state index in [-0.39, 0.29) is 0 Å². The van der Waals surface area contributed by atoms with Gasteiger partial charge >= 0.3 is 0 Å². The zero-order chi connectivity index (χ0) is 12.5. The van der Waals surface area contributed by atoms with Gasteiger partial charge in [0, 0.05) is 16.7 Å². The third-order valence-corrected chi connectivity index (χ3v) is 4.62. The average molecular weight is 255 g/mol. The van der Waals surface area contributed by atoms with Gasteiger partial charge in [0.2, 0.25) is 0 Å². The van der Waals surface area contributed by atoms with Crippen molar-refractivity contribution in [1.29, 1.82) is 0 Å². The molecule has 1 aromatic rings. The Morgan fingerprint density at radius 1 is 1.59 bits per heavy atom. The lowest BCUT2D eigenvalue weighted by Gasteiger charge is -2.30. The van der Waals surface area contributed by atoms with Crippen molar-refractivity contribution in [2.24, 2.45) is 0 Å². The predicted octanol–water partition coefficient (Wildman–Crippen LogP) is 2.10. The Kier molecular flexibility index (Phi) is 3.76. The second kappa shape index (κ2) is 4.96. The van der Waals surface area contributed by atoms with Crippen molar-refractivity contribution in [3.8, 4) is 0 Å². The lowest BCUT2D eigenvalue weighted by atomic mass is 9.89. The van der Waals surface area contributed by atoms with Gasteiger partial charge in [-0.25, -0.2) is 4.39 Å². The Morgan fingerprint density at radius 2 is 2.35 bits per heavy atom. The number of benzene rings is 1. The molecule has 94 valence electrons. The van der Waals surface area contributed by atoms with Gasteiger partial charge in [0.05, 0.1) is 6.61 Å². The summed E-state index contributed by atoms with van der Waals surface area (Å²) in [4.78, 5) is 1.15. The number of nitrogens with one attached hydrogen (secondary N) is 1. The average Bonchev–Trinajstić information content (AvgIpc) is 2.83. The lowest BCUT2D eigenvalue weighted by Crippen LogP contribution is -2.44. The number of hydrogen-bond donors (Lipinski definition) is 2. The summed E-state index contributed by atoms with van der Waals surface area (Å²) in [5.74, 6) is 1.07. The van der Waals surface area contributed by atoms with E-state index < -0.39 is 18.3 Å². The van der Waals surface area contributed by atoms with Crippen LogP contribution in [0.4, 0.5) is 4.39 Å². The molecule has 0 aromatic heterocycles. The molecule has 0 saturated carbocycles. The van der Waals surface area contributed by atoms with Gasteiger partial charge in [0.15, 0.2) is 5.67 Å². The summed E-state index contributed by atoms with van der Waals surface area (Å²) in [5, 5.41) is 12.2. The molecule has 0 amide bonds. The second-order valence-electron chi connectivity index (χ2n) is 4.45. The SMILES string of the molecule is CNC(C)C(F)(CO)c1ccc2c(c1)SCC2. The molecule has 0 spiro atoms. The highest BCUT2D eigenvalue weighted by Crippen LogP contribution is 2.37. The normalized spacial score (nSPS) is 19.8. The summed E-state index contributed by atoms with van der Waals surface area (Å²) < 4.78 is 14.8. The molecule has 0 saturated heterocycles. The third kappa shape index (κ3) is 2.21. The van der Waals surface area contributed by atoms with E-state index >= 15 is 0 Å². The van der Waals surface area contributed by atoms with Crippen LogP contribution in [0.15, 0.2) is 23.1 Å². The number of aliphatic hydroxyl groups is 1. The highest BCUT2D eigenvalue weighted by atomic mass is 32.2. The molecule has 1 aromatic carbocycles. The van der Waals surface area contributed by atoms with E-state index in [9.17, 15) is 9.50 Å². The largest absolute Gasteiger partial charge is 0.393 e. The van der Waals surface area contributed by atoms with Crippen LogP contribution in [0, 0.1) is 0 Å². The van der Waals surface area contributed by atoms with Gasteiger partial charge in [0.25, 0.3) is 0 Å². The molecule has 2 N–H and O–H groups in total. The number of likely N-dealkylation sites (N-methyl/N-ethyl adjacent to an activating group) is 1. The number of fused-ring (bicyclic) bond motifs is 1. The van der Waals surface area contributed by atoms with E-state index in [2.05, 4.69) is 5.32 Å². The third-order valence-electron chi connectivity index (χ3n) is 3.53. The molecule has 1 aliphatic heterocycles. The quantitative estimate of drug-likeness (QED) is 0.864. The fourth-order valence-electron chi connectivity index (χ4n) is 2.13. The summed E-state index contributed by atoms with van der Waals surface area (Å²) in [7, 11) is 1.71. The van der Waals surface area contributed by atoms with Crippen molar-refractivity contribution < 1.29 is 9.50 Å². The summed E-state index contributed by atoms with van der Waals surface area (Å²) in [6.07, 6.45) is 1.06. The number of aliphatic hydroxyl groups excluding tert-OH is 1. The summed E-state index contributed by atoms with van der Waals surface area (Å²) in [6, 6.07) is 5.25. The minimum atomic E-state index is -1.72. The van der Waals surface area contributed by atoms with Gasteiger partial charge in [-0.15, -0.1) is 11.8 Å². The van der Waals surface area contributed by atoms with E-state index in [0.29, 0.717) is 5.56 Å². The highest BCUT2D eigenvalue weighted by molar-refractivity contribution is 7.99. The zero-order valence-corrected chi connectivity index (χ0v) is 11.0. The molecule has 2 nitrogen and oxygen atoms in total. The Bertz CT molecular complexity index is 412. The van der Waals surface area contributed by atoms with Crippen molar-refractivity contribution in [2.75, 3.05) is 19.4 Å². The topological polar surface area (TPSA) is 32.3 Å². The molecule has 2 unspecified atom stereocenters. The fraction of sp³-hybridized carbons (Fsp3) is 0.538. The first-order valence-electron chi connectivity index (χ1n) is 5.85. The lowest BCUT2D eigenvalue weighted by molar-refractivity contribution is 0.0387. The number of alkyl halides is 1. The second-order valence-corrected chi connectivity index (χ2v) is 5.59. The predicted molar refractivity (Wildman–Crippen MR) is 69.3 cm³/mol. The number of thioether (sulfide) groups is 1. The molecule has 0 radical (unpaired) electrons. The Balaban J connectivity index is 2.37. The Morgan fingerprint density at radius 3 is 3.00 bits per heavy atom. The first-order chi connectivity index (χ1) is 8.11. The monoisotopic (exact) mass is 255 g/mol. The van der Waals surface area contributed by atoms with Gasteiger partial charge < -0.3 is 10.4 Å². The van der Waals surface area contributed by atoms with Gasteiger partial charge in [-0.2, -0.15) is 0 Å². The molecule has 2 atom stereocenters. The van der Waals surface area contributed by atoms with Crippen molar-refractivity contribution in [1.82, 2.24) is 5.32 Å². The number of aryl methyl sites for hydroxylation is 1. The van der Waals surface area contributed by atoms with Crippen LogP contribution in [0.25, 0.3) is 0 Å². The van der Waals surface area contributed by atoms with E-state index in [1.54, 1.807) is 31.8 Å². The standard InChI is InChI=1S/C13H18FNOS/c1-9(15-2)13(14,8-16)11-4-3-10-5-6-17-12(10)7-11/h3-4,7,9,15-16H,5-6,8H2,1-2H3. The number of rotatable bonds is 4. The van der Waals surface area contributed by atoms with Crippen LogP contribution in [0.3, 0.4) is 0 Å². The molecular weight excluding hydrogens is 237 g/mol. The molecule has 1 heterocycles. The summed E-state index contributed by atoms with van der Waals surface area (Å²) in [5.41, 5.74) is 0.138. The molecule has 1 aliphatic rings. The summed E-state index contributed by atoms with van der Waals surface area (Å²) >= 11 is 1.76. The molecule has 0 fully saturated rings. The van der Waals surface area contributed by atoms with Crippen LogP contribution in [-0.4, -0.2) is 30.6 Å². The van der Waals surface area contributed by atoms with E-state index in [4.69, 9.17) is 0 Å². The number of hydrogen-bond acceptors (Lipinski definition) is 3. The van der Waals surface area contributed by atoms with Crippen LogP contribution in [-0.2, 0) is 12.1 Å². The minimum absolute atomic E-state index is 0.419. The van der Waals surface area contributed by atoms with Crippen molar-refractivity contribution in [3.63, 3.8) is 0 Å². The van der Waals surface area contributed by atoms with Crippen molar-refractivity contribution in [2.45, 2.75) is 30.0 Å². The summed E-state index contributed by atoms with van der Waals surface area (Å²) in [6.45, 7) is 1.25. The van der Waals surface area contributed by atoms with Crippen LogP contribution < -0.4 is 5.32 Å².